The van der Waals surface area contributed by atoms with Crippen LogP contribution in [-0.4, -0.2) is 17.9 Å². The third kappa shape index (κ3) is 4.39. The molecule has 0 unspecified atom stereocenters. The molecule has 0 rings (SSSR count). The van der Waals surface area contributed by atoms with Gasteiger partial charge in [-0.05, 0) is 11.8 Å². The van der Waals surface area contributed by atoms with Gasteiger partial charge >= 0.3 is 0 Å². The van der Waals surface area contributed by atoms with E-state index in [1.807, 2.05) is 0 Å². The molecule has 0 aliphatic carbocycles. The van der Waals surface area contributed by atoms with Crippen molar-refractivity contribution in [2.24, 2.45) is 5.73 Å². The number of rotatable bonds is 2. The van der Waals surface area contributed by atoms with Crippen molar-refractivity contribution in [2.45, 2.75) is 13.0 Å². The first-order valence-corrected chi connectivity index (χ1v) is 3.58. The van der Waals surface area contributed by atoms with Crippen molar-refractivity contribution in [3.63, 3.8) is 0 Å². The highest BCUT2D eigenvalue weighted by atomic mass is 79.9. The number of nitrogens with one attached hydrogen (secondary N) is 1. The largest absolute Gasteiger partial charge is 0.368 e. The second kappa shape index (κ2) is 4.74. The number of hydrogen-bond donors (Lipinski definition) is 2. The topological polar surface area (TPSA) is 72.2 Å². The Labute approximate surface area is 72.6 Å². The Hall–Kier alpha value is -1.02. The average molecular weight is 219 g/mol. The van der Waals surface area contributed by atoms with E-state index < -0.39 is 17.9 Å². The Morgan fingerprint density at radius 3 is 2.55 bits per heavy atom. The van der Waals surface area contributed by atoms with Gasteiger partial charge in [0.25, 0.3) is 5.91 Å². The predicted octanol–water partition coefficient (Wildman–Crippen LogP) is -0.668. The van der Waals surface area contributed by atoms with E-state index >= 15 is 0 Å². The fraction of sp³-hybridized carbons (Fsp3) is 0.333. The molecular weight excluding hydrogens is 212 g/mol. The molecule has 0 heterocycles. The predicted molar refractivity (Wildman–Crippen MR) is 43.5 cm³/mol. The van der Waals surface area contributed by atoms with Gasteiger partial charge in [0.15, 0.2) is 0 Å². The number of amides is 2. The highest BCUT2D eigenvalue weighted by Crippen LogP contribution is 1.78. The molecule has 0 fully saturated rings. The van der Waals surface area contributed by atoms with Crippen LogP contribution < -0.4 is 11.1 Å². The number of carbonyl (C=O) groups is 2. The number of hydrogen-bond acceptors (Lipinski definition) is 2. The van der Waals surface area contributed by atoms with Crippen LogP contribution in [0.15, 0.2) is 0 Å². The Morgan fingerprint density at radius 2 is 2.18 bits per heavy atom. The highest BCUT2D eigenvalue weighted by Gasteiger charge is 2.09. The fourth-order valence-corrected chi connectivity index (χ4v) is 0.527. The van der Waals surface area contributed by atoms with Crippen molar-refractivity contribution in [3.8, 4) is 10.8 Å². The summed E-state index contributed by atoms with van der Waals surface area (Å²) < 4.78 is 0. The Morgan fingerprint density at radius 1 is 1.64 bits per heavy atom. The molecule has 1 atom stereocenters. The second-order valence-corrected chi connectivity index (χ2v) is 2.21. The third-order valence-corrected chi connectivity index (χ3v) is 1.13. The van der Waals surface area contributed by atoms with Crippen LogP contribution in [0.4, 0.5) is 0 Å². The quantitative estimate of drug-likeness (QED) is 0.604. The molecule has 5 heteroatoms. The molecule has 0 aromatic heterocycles. The molecule has 0 aromatic carbocycles. The Bertz CT molecular complexity index is 228. The number of nitrogens with two attached hydrogens (primary N) is 1. The van der Waals surface area contributed by atoms with Crippen LogP contribution in [0.2, 0.25) is 0 Å². The monoisotopic (exact) mass is 218 g/mol. The Kier molecular flexibility index (Phi) is 4.30. The van der Waals surface area contributed by atoms with Gasteiger partial charge in [0.05, 0.1) is 0 Å². The zero-order valence-electron chi connectivity index (χ0n) is 5.85. The summed E-state index contributed by atoms with van der Waals surface area (Å²) in [6, 6.07) is -0.684. The maximum atomic E-state index is 10.6. The van der Waals surface area contributed by atoms with Gasteiger partial charge in [-0.15, -0.1) is 0 Å². The first-order valence-electron chi connectivity index (χ1n) is 2.79. The summed E-state index contributed by atoms with van der Waals surface area (Å²) in [5.74, 6) is 1.02. The summed E-state index contributed by atoms with van der Waals surface area (Å²) in [5.41, 5.74) is 4.87. The van der Waals surface area contributed by atoms with E-state index in [2.05, 4.69) is 32.0 Å². The normalized spacial score (nSPS) is 10.7. The lowest BCUT2D eigenvalue weighted by molar-refractivity contribution is -0.124. The van der Waals surface area contributed by atoms with Crippen molar-refractivity contribution < 1.29 is 9.59 Å². The van der Waals surface area contributed by atoms with Crippen molar-refractivity contribution in [2.75, 3.05) is 0 Å². The van der Waals surface area contributed by atoms with E-state index in [0.29, 0.717) is 0 Å². The lowest BCUT2D eigenvalue weighted by Gasteiger charge is -2.05. The van der Waals surface area contributed by atoms with E-state index in [1.54, 1.807) is 0 Å². The molecular formula is C6H7BrN2O2. The molecule has 0 radical (unpaired) electrons. The molecule has 3 N–H and O–H groups in total. The average Bonchev–Trinajstić information content (AvgIpc) is 1.87. The van der Waals surface area contributed by atoms with Crippen molar-refractivity contribution in [1.82, 2.24) is 5.32 Å². The van der Waals surface area contributed by atoms with Crippen LogP contribution in [0, 0.1) is 10.8 Å². The highest BCUT2D eigenvalue weighted by molar-refractivity contribution is 9.12. The minimum atomic E-state index is -0.684. The van der Waals surface area contributed by atoms with E-state index in [4.69, 9.17) is 5.73 Å². The molecule has 60 valence electrons. The standard InChI is InChI=1S/C6H7BrN2O2/c1-4(6(8)11)9-5(10)2-3-7/h4H,1H3,(H2,8,11)(H,9,10)/t4-/m0/s1. The van der Waals surface area contributed by atoms with Crippen LogP contribution in [0.1, 0.15) is 6.92 Å². The van der Waals surface area contributed by atoms with Gasteiger partial charge in [0.1, 0.15) is 6.04 Å². The summed E-state index contributed by atoms with van der Waals surface area (Å²) in [6.45, 7) is 1.48. The maximum Gasteiger partial charge on any atom is 0.297 e. The van der Waals surface area contributed by atoms with Gasteiger partial charge in [-0.3, -0.25) is 9.59 Å². The first kappa shape index (κ1) is 9.98. The van der Waals surface area contributed by atoms with E-state index in [9.17, 15) is 9.59 Å². The Balaban J connectivity index is 3.92. The summed E-state index contributed by atoms with van der Waals surface area (Å²) in [7, 11) is 0. The second-order valence-electron chi connectivity index (χ2n) is 1.82. The van der Waals surface area contributed by atoms with Crippen molar-refractivity contribution >= 4 is 27.7 Å². The van der Waals surface area contributed by atoms with Gasteiger partial charge in [-0.25, -0.2) is 0 Å². The molecule has 2 amide bonds. The minimum Gasteiger partial charge on any atom is -0.368 e. The number of halogens is 1. The molecule has 0 aromatic rings. The SMILES string of the molecule is C[C@H](NC(=O)C#CBr)C(N)=O. The molecule has 0 aliphatic heterocycles. The van der Waals surface area contributed by atoms with Crippen molar-refractivity contribution in [3.05, 3.63) is 0 Å². The van der Waals surface area contributed by atoms with E-state index in [1.165, 1.54) is 6.92 Å². The summed E-state index contributed by atoms with van der Waals surface area (Å²) >= 11 is 2.74. The maximum absolute atomic E-state index is 10.6. The fourth-order valence-electron chi connectivity index (χ4n) is 0.347. The van der Waals surface area contributed by atoms with E-state index in [0.717, 1.165) is 0 Å². The van der Waals surface area contributed by atoms with Crippen molar-refractivity contribution in [1.29, 1.82) is 0 Å². The summed E-state index contributed by atoms with van der Waals surface area (Å²) in [4.78, 5) is 23.2. The smallest absolute Gasteiger partial charge is 0.297 e. The molecule has 4 nitrogen and oxygen atoms in total. The molecule has 0 aliphatic rings. The molecule has 0 saturated heterocycles. The third-order valence-electron chi connectivity index (χ3n) is 0.935. The summed E-state index contributed by atoms with van der Waals surface area (Å²) in [5, 5.41) is 2.26. The van der Waals surface area contributed by atoms with Crippen LogP contribution in [0.5, 0.6) is 0 Å². The van der Waals surface area contributed by atoms with Crippen LogP contribution in [-0.2, 0) is 9.59 Å². The van der Waals surface area contributed by atoms with Gasteiger partial charge in [0.2, 0.25) is 5.91 Å². The zero-order valence-corrected chi connectivity index (χ0v) is 7.44. The molecule has 11 heavy (non-hydrogen) atoms. The zero-order chi connectivity index (χ0) is 8.85. The van der Waals surface area contributed by atoms with Gasteiger partial charge in [-0.1, -0.05) is 0 Å². The van der Waals surface area contributed by atoms with E-state index in [-0.39, 0.29) is 0 Å². The van der Waals surface area contributed by atoms with Gasteiger partial charge in [0, 0.05) is 21.9 Å². The van der Waals surface area contributed by atoms with Gasteiger partial charge in [-0.2, -0.15) is 0 Å². The minimum absolute atomic E-state index is 0.534. The summed E-state index contributed by atoms with van der Waals surface area (Å²) in [6.07, 6.45) is 0. The molecule has 0 bridgehead atoms. The van der Waals surface area contributed by atoms with Crippen LogP contribution >= 0.6 is 15.9 Å². The molecule has 0 spiro atoms. The first-order chi connectivity index (χ1) is 5.07. The van der Waals surface area contributed by atoms with Crippen LogP contribution in [0.3, 0.4) is 0 Å². The molecule has 0 saturated carbocycles. The lowest BCUT2D eigenvalue weighted by atomic mass is 10.3. The van der Waals surface area contributed by atoms with Crippen LogP contribution in [0.25, 0.3) is 0 Å². The number of primary amides is 1. The number of carbonyl (C=O) groups excluding carboxylic acids is 2. The lowest BCUT2D eigenvalue weighted by Crippen LogP contribution is -2.41. The van der Waals surface area contributed by atoms with Gasteiger partial charge < -0.3 is 11.1 Å².